The van der Waals surface area contributed by atoms with Gasteiger partial charge in [-0.05, 0) is 30.9 Å². The Labute approximate surface area is 134 Å². The van der Waals surface area contributed by atoms with E-state index < -0.39 is 11.6 Å². The van der Waals surface area contributed by atoms with Crippen LogP contribution in [0.1, 0.15) is 38.4 Å². The van der Waals surface area contributed by atoms with E-state index >= 15 is 0 Å². The van der Waals surface area contributed by atoms with E-state index in [-0.39, 0.29) is 30.8 Å². The van der Waals surface area contributed by atoms with Gasteiger partial charge in [-0.25, -0.2) is 4.79 Å². The lowest BCUT2D eigenvalue weighted by molar-refractivity contribution is -0.137. The highest BCUT2D eigenvalue weighted by Crippen LogP contribution is 2.38. The number of nitrogens with one attached hydrogen (secondary N) is 2. The van der Waals surface area contributed by atoms with Gasteiger partial charge in [0.25, 0.3) is 5.91 Å². The molecule has 2 N–H and O–H groups in total. The Hall–Kier alpha value is -2.31. The molecule has 1 aliphatic heterocycles. The molecule has 1 spiro atoms. The molecule has 0 unspecified atom stereocenters. The Kier molecular flexibility index (Phi) is 4.11. The summed E-state index contributed by atoms with van der Waals surface area (Å²) in [5, 5.41) is 5.48. The van der Waals surface area contributed by atoms with Crippen molar-refractivity contribution in [2.75, 3.05) is 6.54 Å². The molecule has 7 nitrogen and oxygen atoms in total. The van der Waals surface area contributed by atoms with Crippen molar-refractivity contribution in [1.29, 1.82) is 0 Å². The lowest BCUT2D eigenvalue weighted by atomic mass is 9.73. The number of nitrogens with zero attached hydrogens (tertiary/aromatic N) is 1. The van der Waals surface area contributed by atoms with Crippen LogP contribution in [0.4, 0.5) is 4.79 Å². The Balaban J connectivity index is 1.62. The summed E-state index contributed by atoms with van der Waals surface area (Å²) in [6.45, 7) is 1.95. The highest BCUT2D eigenvalue weighted by atomic mass is 16.3. The number of carbonyl (C=O) groups excluding carboxylic acids is 3. The molecule has 2 fully saturated rings. The standard InChI is InChI=1S/C16H21N3O4/c1-11-5-2-3-7-16(11)14(21)19(15(22)18-16)10-13(20)17-9-12-6-4-8-23-12/h4,6,8,11H,2-3,5,7,9-10H2,1H3,(H,17,20)(H,18,22)/t11-,16+/m1/s1. The first-order valence-corrected chi connectivity index (χ1v) is 7.96. The third-order valence-corrected chi connectivity index (χ3v) is 4.84. The van der Waals surface area contributed by atoms with Crippen LogP contribution in [0.15, 0.2) is 22.8 Å². The van der Waals surface area contributed by atoms with Crippen molar-refractivity contribution in [3.05, 3.63) is 24.2 Å². The van der Waals surface area contributed by atoms with Crippen LogP contribution in [-0.4, -0.2) is 34.8 Å². The molecule has 7 heteroatoms. The van der Waals surface area contributed by atoms with Crippen LogP contribution >= 0.6 is 0 Å². The molecule has 2 heterocycles. The number of hydrogen-bond acceptors (Lipinski definition) is 4. The summed E-state index contributed by atoms with van der Waals surface area (Å²) in [5.41, 5.74) is -0.823. The molecule has 1 saturated carbocycles. The number of amides is 4. The van der Waals surface area contributed by atoms with Crippen molar-refractivity contribution in [3.8, 4) is 0 Å². The SMILES string of the molecule is C[C@@H]1CCCC[C@]12NC(=O)N(CC(=O)NCc1ccco1)C2=O. The maximum absolute atomic E-state index is 12.7. The smallest absolute Gasteiger partial charge is 0.325 e. The molecule has 3 rings (SSSR count). The molecule has 2 aliphatic rings. The number of carbonyl (C=O) groups is 3. The molecule has 0 aromatic carbocycles. The molecular weight excluding hydrogens is 298 g/mol. The minimum atomic E-state index is -0.823. The highest BCUT2D eigenvalue weighted by Gasteiger charge is 2.55. The van der Waals surface area contributed by atoms with Crippen LogP contribution < -0.4 is 10.6 Å². The van der Waals surface area contributed by atoms with Gasteiger partial charge in [0.2, 0.25) is 5.91 Å². The van der Waals surface area contributed by atoms with Crippen molar-refractivity contribution >= 4 is 17.8 Å². The van der Waals surface area contributed by atoms with Crippen LogP contribution in [0.25, 0.3) is 0 Å². The zero-order chi connectivity index (χ0) is 16.4. The second-order valence-corrected chi connectivity index (χ2v) is 6.30. The fraction of sp³-hybridized carbons (Fsp3) is 0.562. The van der Waals surface area contributed by atoms with Gasteiger partial charge in [-0.2, -0.15) is 0 Å². The fourth-order valence-electron chi connectivity index (χ4n) is 3.44. The van der Waals surface area contributed by atoms with Crippen molar-refractivity contribution < 1.29 is 18.8 Å². The summed E-state index contributed by atoms with van der Waals surface area (Å²) in [6.07, 6.45) is 5.05. The van der Waals surface area contributed by atoms with E-state index in [4.69, 9.17) is 4.42 Å². The average Bonchev–Trinajstić information content (AvgIpc) is 3.12. The van der Waals surface area contributed by atoms with Gasteiger partial charge in [0.15, 0.2) is 0 Å². The highest BCUT2D eigenvalue weighted by molar-refractivity contribution is 6.09. The van der Waals surface area contributed by atoms with E-state index in [0.29, 0.717) is 12.2 Å². The lowest BCUT2D eigenvalue weighted by Crippen LogP contribution is -2.54. The van der Waals surface area contributed by atoms with E-state index in [1.165, 1.54) is 6.26 Å². The van der Waals surface area contributed by atoms with Gasteiger partial charge in [-0.15, -0.1) is 0 Å². The zero-order valence-electron chi connectivity index (χ0n) is 13.1. The van der Waals surface area contributed by atoms with Crippen LogP contribution in [0, 0.1) is 5.92 Å². The molecule has 2 atom stereocenters. The second kappa shape index (κ2) is 6.06. The fourth-order valence-corrected chi connectivity index (χ4v) is 3.44. The van der Waals surface area contributed by atoms with E-state index in [1.54, 1.807) is 12.1 Å². The number of furan rings is 1. The lowest BCUT2D eigenvalue weighted by Gasteiger charge is -2.36. The third kappa shape index (κ3) is 2.83. The molecule has 0 bridgehead atoms. The second-order valence-electron chi connectivity index (χ2n) is 6.30. The maximum atomic E-state index is 12.7. The molecular formula is C16H21N3O4. The van der Waals surface area contributed by atoms with Crippen molar-refractivity contribution in [3.63, 3.8) is 0 Å². The summed E-state index contributed by atoms with van der Waals surface area (Å²) in [6, 6.07) is 3.00. The van der Waals surface area contributed by atoms with E-state index in [2.05, 4.69) is 10.6 Å². The summed E-state index contributed by atoms with van der Waals surface area (Å²) < 4.78 is 5.13. The van der Waals surface area contributed by atoms with E-state index in [9.17, 15) is 14.4 Å². The molecule has 1 aromatic heterocycles. The molecule has 23 heavy (non-hydrogen) atoms. The van der Waals surface area contributed by atoms with Crippen molar-refractivity contribution in [2.45, 2.75) is 44.7 Å². The van der Waals surface area contributed by atoms with Crippen LogP contribution in [-0.2, 0) is 16.1 Å². The molecule has 124 valence electrons. The third-order valence-electron chi connectivity index (χ3n) is 4.84. The van der Waals surface area contributed by atoms with Crippen LogP contribution in [0.2, 0.25) is 0 Å². The normalized spacial score (nSPS) is 27.3. The Bertz CT molecular complexity index is 613. The van der Waals surface area contributed by atoms with Crippen molar-refractivity contribution in [1.82, 2.24) is 15.5 Å². The first-order chi connectivity index (χ1) is 11.0. The van der Waals surface area contributed by atoms with Crippen LogP contribution in [0.3, 0.4) is 0 Å². The molecule has 0 radical (unpaired) electrons. The number of imide groups is 1. The summed E-state index contributed by atoms with van der Waals surface area (Å²) in [5.74, 6) is 0.0464. The molecule has 1 saturated heterocycles. The molecule has 1 aliphatic carbocycles. The van der Waals surface area contributed by atoms with Gasteiger partial charge in [-0.3, -0.25) is 14.5 Å². The van der Waals surface area contributed by atoms with Gasteiger partial charge in [0.05, 0.1) is 12.8 Å². The van der Waals surface area contributed by atoms with Gasteiger partial charge >= 0.3 is 6.03 Å². The largest absolute Gasteiger partial charge is 0.467 e. The number of urea groups is 1. The quantitative estimate of drug-likeness (QED) is 0.821. The Morgan fingerprint density at radius 2 is 2.30 bits per heavy atom. The molecule has 1 aromatic rings. The minimum Gasteiger partial charge on any atom is -0.467 e. The molecule has 4 amide bonds. The topological polar surface area (TPSA) is 91.7 Å². The Morgan fingerprint density at radius 3 is 3.00 bits per heavy atom. The first-order valence-electron chi connectivity index (χ1n) is 7.96. The predicted molar refractivity (Wildman–Crippen MR) is 81.2 cm³/mol. The van der Waals surface area contributed by atoms with Gasteiger partial charge in [0.1, 0.15) is 17.8 Å². The maximum Gasteiger partial charge on any atom is 0.325 e. The minimum absolute atomic E-state index is 0.0869. The predicted octanol–water partition coefficient (Wildman–Crippen LogP) is 1.40. The van der Waals surface area contributed by atoms with Gasteiger partial charge in [-0.1, -0.05) is 19.8 Å². The monoisotopic (exact) mass is 319 g/mol. The van der Waals surface area contributed by atoms with Gasteiger partial charge in [0, 0.05) is 0 Å². The summed E-state index contributed by atoms with van der Waals surface area (Å²) in [4.78, 5) is 37.9. The van der Waals surface area contributed by atoms with Gasteiger partial charge < -0.3 is 15.1 Å². The number of rotatable bonds is 4. The zero-order valence-corrected chi connectivity index (χ0v) is 13.1. The summed E-state index contributed by atoms with van der Waals surface area (Å²) in [7, 11) is 0. The van der Waals surface area contributed by atoms with Crippen molar-refractivity contribution in [2.24, 2.45) is 5.92 Å². The summed E-state index contributed by atoms with van der Waals surface area (Å²) >= 11 is 0. The van der Waals surface area contributed by atoms with E-state index in [1.807, 2.05) is 6.92 Å². The number of hydrogen-bond donors (Lipinski definition) is 2. The Morgan fingerprint density at radius 1 is 1.48 bits per heavy atom. The first kappa shape index (κ1) is 15.6. The van der Waals surface area contributed by atoms with E-state index in [0.717, 1.165) is 24.2 Å². The average molecular weight is 319 g/mol. The van der Waals surface area contributed by atoms with Crippen LogP contribution in [0.5, 0.6) is 0 Å².